The molecule has 0 radical (unpaired) electrons. The molecule has 0 unspecified atom stereocenters. The van der Waals surface area contributed by atoms with Crippen LogP contribution in [0.2, 0.25) is 0 Å². The largest absolute Gasteiger partial charge is 0.504 e. The minimum atomic E-state index is -0.486. The third kappa shape index (κ3) is 13.2. The van der Waals surface area contributed by atoms with E-state index in [-0.39, 0.29) is 42.1 Å². The van der Waals surface area contributed by atoms with E-state index in [1.54, 1.807) is 44.2 Å². The zero-order valence-electron chi connectivity index (χ0n) is 21.4. The molecule has 0 saturated carbocycles. The molecule has 0 heterocycles. The zero-order chi connectivity index (χ0) is 28.1. The van der Waals surface area contributed by atoms with E-state index in [4.69, 9.17) is 30.5 Å². The molecule has 10 nitrogen and oxygen atoms in total. The minimum absolute atomic E-state index is 0.0478. The summed E-state index contributed by atoms with van der Waals surface area (Å²) in [6.07, 6.45) is 1.25. The Hall–Kier alpha value is -3.79. The minimum Gasteiger partial charge on any atom is -0.504 e. The van der Waals surface area contributed by atoms with Crippen molar-refractivity contribution < 1.29 is 48.0 Å². The zero-order valence-corrected chi connectivity index (χ0v) is 22.1. The first-order valence-electron chi connectivity index (χ1n) is 11.4. The van der Waals surface area contributed by atoms with E-state index in [0.29, 0.717) is 49.5 Å². The third-order valence-electron chi connectivity index (χ3n) is 3.95. The van der Waals surface area contributed by atoms with Crippen molar-refractivity contribution in [2.75, 3.05) is 38.9 Å². The lowest BCUT2D eigenvalue weighted by atomic mass is 10.2. The van der Waals surface area contributed by atoms with E-state index in [0.717, 1.165) is 0 Å². The number of hydrogen-bond acceptors (Lipinski definition) is 10. The van der Waals surface area contributed by atoms with E-state index in [9.17, 15) is 24.3 Å². The molecule has 11 heteroatoms. The van der Waals surface area contributed by atoms with Crippen LogP contribution in [-0.4, -0.2) is 68.5 Å². The molecule has 0 amide bonds. The summed E-state index contributed by atoms with van der Waals surface area (Å²) in [5.74, 6) is 0.0727. The summed E-state index contributed by atoms with van der Waals surface area (Å²) < 4.78 is 24.9. The van der Waals surface area contributed by atoms with E-state index >= 15 is 0 Å². The molecule has 0 aliphatic carbocycles. The quantitative estimate of drug-likeness (QED) is 0.236. The van der Waals surface area contributed by atoms with Crippen molar-refractivity contribution in [3.8, 4) is 23.0 Å². The summed E-state index contributed by atoms with van der Waals surface area (Å²) in [6.45, 7) is 8.44. The SMILES string of the molecule is CCOC(=O)CCl.CCOC(=O)COc1c(C=O)cccc1OCC.CCOc1cccc(C=O)c1O. The number of aromatic hydroxyl groups is 1. The maximum atomic E-state index is 11.2. The number of aldehydes is 2. The highest BCUT2D eigenvalue weighted by atomic mass is 35.5. The Morgan fingerprint density at radius 3 is 1.76 bits per heavy atom. The number of halogens is 1. The summed E-state index contributed by atoms with van der Waals surface area (Å²) >= 11 is 5.06. The van der Waals surface area contributed by atoms with Gasteiger partial charge in [0.15, 0.2) is 42.2 Å². The summed E-state index contributed by atoms with van der Waals surface area (Å²) in [4.78, 5) is 42.5. The Morgan fingerprint density at radius 2 is 1.27 bits per heavy atom. The average molecular weight is 541 g/mol. The number of phenolic OH excluding ortho intramolecular Hbond substituents is 1. The molecule has 0 aromatic heterocycles. The second-order valence-electron chi connectivity index (χ2n) is 6.50. The van der Waals surface area contributed by atoms with Crippen molar-refractivity contribution in [2.24, 2.45) is 0 Å². The second kappa shape index (κ2) is 20.4. The number of para-hydroxylation sites is 2. The lowest BCUT2D eigenvalue weighted by Crippen LogP contribution is -2.15. The molecule has 0 aliphatic rings. The summed E-state index contributed by atoms with van der Waals surface area (Å²) in [5, 5.41) is 9.36. The maximum absolute atomic E-state index is 11.2. The fraction of sp³-hybridized carbons (Fsp3) is 0.385. The van der Waals surface area contributed by atoms with Gasteiger partial charge in [-0.25, -0.2) is 4.79 Å². The monoisotopic (exact) mass is 540 g/mol. The van der Waals surface area contributed by atoms with Crippen molar-refractivity contribution in [3.05, 3.63) is 47.5 Å². The summed E-state index contributed by atoms with van der Waals surface area (Å²) in [7, 11) is 0. The number of carbonyl (C=O) groups excluding carboxylic acids is 4. The molecule has 0 bridgehead atoms. The molecule has 0 atom stereocenters. The predicted octanol–water partition coefficient (Wildman–Crippen LogP) is 4.23. The first kappa shape index (κ1) is 33.2. The van der Waals surface area contributed by atoms with Gasteiger partial charge in [-0.3, -0.25) is 14.4 Å². The van der Waals surface area contributed by atoms with Crippen LogP contribution in [0.15, 0.2) is 36.4 Å². The molecular weight excluding hydrogens is 508 g/mol. The molecule has 0 saturated heterocycles. The van der Waals surface area contributed by atoms with Gasteiger partial charge in [0.2, 0.25) is 0 Å². The van der Waals surface area contributed by atoms with Gasteiger partial charge in [0.1, 0.15) is 5.88 Å². The van der Waals surface area contributed by atoms with E-state index < -0.39 is 5.97 Å². The molecule has 204 valence electrons. The molecule has 0 spiro atoms. The number of carbonyl (C=O) groups is 4. The number of alkyl halides is 1. The molecule has 1 N–H and O–H groups in total. The van der Waals surface area contributed by atoms with Gasteiger partial charge in [0.25, 0.3) is 0 Å². The lowest BCUT2D eigenvalue weighted by molar-refractivity contribution is -0.145. The van der Waals surface area contributed by atoms with Crippen molar-refractivity contribution in [2.45, 2.75) is 27.7 Å². The van der Waals surface area contributed by atoms with Gasteiger partial charge >= 0.3 is 11.9 Å². The maximum Gasteiger partial charge on any atom is 0.344 e. The van der Waals surface area contributed by atoms with Crippen molar-refractivity contribution in [1.82, 2.24) is 0 Å². The highest BCUT2D eigenvalue weighted by Crippen LogP contribution is 2.30. The van der Waals surface area contributed by atoms with E-state index in [1.807, 2.05) is 13.8 Å². The van der Waals surface area contributed by atoms with Gasteiger partial charge in [0, 0.05) is 0 Å². The highest BCUT2D eigenvalue weighted by molar-refractivity contribution is 6.26. The number of benzene rings is 2. The Morgan fingerprint density at radius 1 is 0.757 bits per heavy atom. The number of rotatable bonds is 12. The van der Waals surface area contributed by atoms with Crippen molar-refractivity contribution >= 4 is 36.1 Å². The summed E-state index contributed by atoms with van der Waals surface area (Å²) in [5.41, 5.74) is 0.589. The smallest absolute Gasteiger partial charge is 0.344 e. The molecule has 0 fully saturated rings. The van der Waals surface area contributed by atoms with Crippen LogP contribution in [0.5, 0.6) is 23.0 Å². The number of esters is 2. The predicted molar refractivity (Wildman–Crippen MR) is 137 cm³/mol. The summed E-state index contributed by atoms with van der Waals surface area (Å²) in [6, 6.07) is 9.77. The van der Waals surface area contributed by atoms with Crippen LogP contribution < -0.4 is 14.2 Å². The van der Waals surface area contributed by atoms with Crippen LogP contribution in [0.4, 0.5) is 0 Å². The Kier molecular flexibility index (Phi) is 18.3. The molecule has 2 rings (SSSR count). The van der Waals surface area contributed by atoms with Crippen LogP contribution in [0, 0.1) is 0 Å². The van der Waals surface area contributed by atoms with Crippen LogP contribution in [0.3, 0.4) is 0 Å². The number of phenols is 1. The third-order valence-corrected chi connectivity index (χ3v) is 4.17. The van der Waals surface area contributed by atoms with E-state index in [1.165, 1.54) is 6.07 Å². The van der Waals surface area contributed by atoms with E-state index in [2.05, 4.69) is 4.74 Å². The average Bonchev–Trinajstić information content (AvgIpc) is 2.90. The van der Waals surface area contributed by atoms with Crippen LogP contribution in [0.25, 0.3) is 0 Å². The normalized spacial score (nSPS) is 9.32. The lowest BCUT2D eigenvalue weighted by Gasteiger charge is -2.12. The fourth-order valence-electron chi connectivity index (χ4n) is 2.49. The second-order valence-corrected chi connectivity index (χ2v) is 6.77. The van der Waals surface area contributed by atoms with Gasteiger partial charge in [-0.05, 0) is 52.0 Å². The first-order chi connectivity index (χ1) is 17.8. The first-order valence-corrected chi connectivity index (χ1v) is 12.0. The number of ether oxygens (including phenoxy) is 5. The van der Waals surface area contributed by atoms with Crippen molar-refractivity contribution in [1.29, 1.82) is 0 Å². The molecule has 2 aromatic carbocycles. The Labute approximate surface area is 221 Å². The van der Waals surface area contributed by atoms with Crippen LogP contribution in [-0.2, 0) is 19.1 Å². The van der Waals surface area contributed by atoms with Gasteiger partial charge in [-0.15, -0.1) is 11.6 Å². The van der Waals surface area contributed by atoms with Gasteiger partial charge in [-0.2, -0.15) is 0 Å². The molecule has 37 heavy (non-hydrogen) atoms. The number of hydrogen-bond donors (Lipinski definition) is 1. The van der Waals surface area contributed by atoms with Crippen LogP contribution >= 0.6 is 11.6 Å². The topological polar surface area (TPSA) is 135 Å². The van der Waals surface area contributed by atoms with Crippen molar-refractivity contribution in [3.63, 3.8) is 0 Å². The Balaban J connectivity index is 0.000000586. The standard InChI is InChI=1S/C13H16O5.C9H10O3.C4H7ClO2/c1-3-16-11-7-5-6-10(8-14)13(11)18-9-12(15)17-4-2;1-2-12-8-5-3-4-7(6-10)9(8)11;1-2-7-4(6)3-5/h5-8H,3-4,9H2,1-2H3;3-6,11H,2H2,1H3;2-3H2,1H3. The fourth-order valence-corrected chi connectivity index (χ4v) is 2.57. The molecular formula is C26H33ClO10. The van der Waals surface area contributed by atoms with Gasteiger partial charge in [0.05, 0.1) is 37.6 Å². The highest BCUT2D eigenvalue weighted by Gasteiger charge is 2.13. The van der Waals surface area contributed by atoms with Crippen LogP contribution in [0.1, 0.15) is 48.4 Å². The van der Waals surface area contributed by atoms with Gasteiger partial charge in [-0.1, -0.05) is 12.1 Å². The Bertz CT molecular complexity index is 978. The molecule has 2 aromatic rings. The molecule has 0 aliphatic heterocycles. The van der Waals surface area contributed by atoms with Gasteiger partial charge < -0.3 is 28.8 Å².